The molecule has 10 heteroatoms. The third kappa shape index (κ3) is 10.7. The van der Waals surface area contributed by atoms with E-state index in [-0.39, 0.29) is 29.7 Å². The van der Waals surface area contributed by atoms with Crippen molar-refractivity contribution in [3.8, 4) is 16.9 Å². The number of sulfonamides is 1. The predicted octanol–water partition coefficient (Wildman–Crippen LogP) is 6.12. The average molecular weight is 625 g/mol. The van der Waals surface area contributed by atoms with Gasteiger partial charge < -0.3 is 19.5 Å². The molecule has 238 valence electrons. The number of aliphatic hydroxyl groups excluding tert-OH is 1. The minimum atomic E-state index is -3.74. The van der Waals surface area contributed by atoms with Gasteiger partial charge in [-0.15, -0.1) is 0 Å². The van der Waals surface area contributed by atoms with Gasteiger partial charge in [0.1, 0.15) is 11.4 Å². The Hall–Kier alpha value is -3.89. The Bertz CT molecular complexity index is 1500. The van der Waals surface area contributed by atoms with Gasteiger partial charge in [-0.1, -0.05) is 67.6 Å². The van der Waals surface area contributed by atoms with Crippen molar-refractivity contribution in [1.29, 1.82) is 0 Å². The van der Waals surface area contributed by atoms with Crippen molar-refractivity contribution in [2.45, 2.75) is 72.2 Å². The van der Waals surface area contributed by atoms with Gasteiger partial charge in [-0.2, -0.15) is 0 Å². The van der Waals surface area contributed by atoms with Gasteiger partial charge in [-0.25, -0.2) is 17.9 Å². The van der Waals surface area contributed by atoms with Crippen molar-refractivity contribution in [2.75, 3.05) is 18.8 Å². The first kappa shape index (κ1) is 34.6. The van der Waals surface area contributed by atoms with Crippen molar-refractivity contribution < 1.29 is 32.6 Å². The Balaban J connectivity index is 1.77. The zero-order valence-electron chi connectivity index (χ0n) is 26.4. The molecule has 0 spiro atoms. The fraction of sp³-hybridized carbons (Fsp3) is 0.412. The van der Waals surface area contributed by atoms with Crippen LogP contribution in [0.4, 0.5) is 4.79 Å². The number of hydrogen-bond donors (Lipinski definition) is 2. The number of aliphatic hydroxyl groups is 1. The van der Waals surface area contributed by atoms with Crippen molar-refractivity contribution in [3.63, 3.8) is 0 Å². The Labute approximate surface area is 261 Å². The molecule has 0 bridgehead atoms. The van der Waals surface area contributed by atoms with Crippen LogP contribution in [-0.4, -0.2) is 61.0 Å². The zero-order valence-corrected chi connectivity index (χ0v) is 27.2. The van der Waals surface area contributed by atoms with Gasteiger partial charge in [-0.05, 0) is 81.8 Å². The number of nitrogens with one attached hydrogen (secondary N) is 1. The lowest BCUT2D eigenvalue weighted by Crippen LogP contribution is -2.40. The van der Waals surface area contributed by atoms with Gasteiger partial charge in [0.25, 0.3) is 5.91 Å². The van der Waals surface area contributed by atoms with Crippen LogP contribution < -0.4 is 9.46 Å². The Kier molecular flexibility index (Phi) is 12.0. The molecule has 2 amide bonds. The number of carbonyl (C=O) groups excluding carboxylic acids is 2. The zero-order chi connectivity index (χ0) is 32.5. The molecule has 0 heterocycles. The van der Waals surface area contributed by atoms with Crippen LogP contribution in [0.3, 0.4) is 0 Å². The number of hydrogen-bond acceptors (Lipinski definition) is 7. The normalized spacial score (nSPS) is 12.5. The van der Waals surface area contributed by atoms with Crippen molar-refractivity contribution in [1.82, 2.24) is 9.62 Å². The van der Waals surface area contributed by atoms with E-state index in [1.165, 1.54) is 4.90 Å². The smallest absolute Gasteiger partial charge is 0.410 e. The van der Waals surface area contributed by atoms with Crippen LogP contribution in [0.15, 0.2) is 72.8 Å². The molecule has 0 aliphatic heterocycles. The molecule has 9 nitrogen and oxygen atoms in total. The maximum atomic E-state index is 13.0. The van der Waals surface area contributed by atoms with Crippen LogP contribution in [0.2, 0.25) is 0 Å². The van der Waals surface area contributed by atoms with E-state index in [2.05, 4.69) is 4.72 Å². The summed E-state index contributed by atoms with van der Waals surface area (Å²) in [6.07, 6.45) is -0.659. The molecule has 2 N–H and O–H groups in total. The second-order valence-electron chi connectivity index (χ2n) is 11.9. The molecule has 0 saturated heterocycles. The number of amides is 2. The highest BCUT2D eigenvalue weighted by Crippen LogP contribution is 2.29. The summed E-state index contributed by atoms with van der Waals surface area (Å²) >= 11 is 0. The highest BCUT2D eigenvalue weighted by molar-refractivity contribution is 7.90. The summed E-state index contributed by atoms with van der Waals surface area (Å²) < 4.78 is 37.9. The summed E-state index contributed by atoms with van der Waals surface area (Å²) in [4.78, 5) is 27.3. The predicted molar refractivity (Wildman–Crippen MR) is 172 cm³/mol. The lowest BCUT2D eigenvalue weighted by molar-refractivity contribution is 0.0147. The van der Waals surface area contributed by atoms with Crippen LogP contribution in [0.25, 0.3) is 11.1 Å². The van der Waals surface area contributed by atoms with E-state index in [1.807, 2.05) is 68.4 Å². The van der Waals surface area contributed by atoms with Crippen LogP contribution >= 0.6 is 0 Å². The fourth-order valence-electron chi connectivity index (χ4n) is 4.46. The number of benzene rings is 3. The second-order valence-corrected chi connectivity index (χ2v) is 13.8. The molecule has 3 aromatic rings. The van der Waals surface area contributed by atoms with Crippen LogP contribution in [0.5, 0.6) is 5.75 Å². The van der Waals surface area contributed by atoms with E-state index in [9.17, 15) is 23.1 Å². The SMILES string of the molecule is CCCS(=O)(=O)NC(=O)c1ccc(-c2ccc(CCN(C[C@H](O)c3ccccc3)C(=O)OC(C)(C)C)cc2)cc1OC(C)C. The summed E-state index contributed by atoms with van der Waals surface area (Å²) in [7, 11) is -3.74. The summed E-state index contributed by atoms with van der Waals surface area (Å²) in [5.41, 5.74) is 2.83. The molecule has 3 rings (SSSR count). The molecule has 0 fully saturated rings. The fourth-order valence-corrected chi connectivity index (χ4v) is 5.49. The van der Waals surface area contributed by atoms with Gasteiger partial charge >= 0.3 is 6.09 Å². The standard InChI is InChI=1S/C34H44N2O7S/c1-7-21-44(40,41)35-32(38)29-18-17-28(22-31(29)42-24(2)3)26-15-13-25(14-16-26)19-20-36(33(39)43-34(4,5)6)23-30(37)27-11-9-8-10-12-27/h8-18,22,24,30,37H,7,19-21,23H2,1-6H3,(H,35,38)/t30-/m0/s1. The number of carbonyl (C=O) groups is 2. The lowest BCUT2D eigenvalue weighted by Gasteiger charge is -2.29. The molecule has 0 radical (unpaired) electrons. The maximum absolute atomic E-state index is 13.0. The molecule has 0 aromatic heterocycles. The summed E-state index contributed by atoms with van der Waals surface area (Å²) in [5, 5.41) is 10.8. The minimum absolute atomic E-state index is 0.0926. The minimum Gasteiger partial charge on any atom is -0.490 e. The molecule has 44 heavy (non-hydrogen) atoms. The Morgan fingerprint density at radius 1 is 0.955 bits per heavy atom. The first-order chi connectivity index (χ1) is 20.7. The quantitative estimate of drug-likeness (QED) is 0.235. The Morgan fingerprint density at radius 2 is 1.59 bits per heavy atom. The molecular formula is C34H44N2O7S. The molecule has 0 aliphatic rings. The van der Waals surface area contributed by atoms with Crippen LogP contribution in [0.1, 0.15) is 75.6 Å². The van der Waals surface area contributed by atoms with E-state index in [0.29, 0.717) is 19.4 Å². The molecule has 0 unspecified atom stereocenters. The van der Waals surface area contributed by atoms with Crippen LogP contribution in [0, 0.1) is 0 Å². The van der Waals surface area contributed by atoms with Gasteiger partial charge in [0.2, 0.25) is 10.0 Å². The van der Waals surface area contributed by atoms with E-state index in [0.717, 1.165) is 22.3 Å². The lowest BCUT2D eigenvalue weighted by atomic mass is 10.0. The van der Waals surface area contributed by atoms with Gasteiger partial charge in [-0.3, -0.25) is 4.79 Å². The van der Waals surface area contributed by atoms with E-state index in [4.69, 9.17) is 9.47 Å². The molecule has 0 saturated carbocycles. The van der Waals surface area contributed by atoms with E-state index in [1.54, 1.807) is 45.9 Å². The number of rotatable bonds is 13. The van der Waals surface area contributed by atoms with E-state index < -0.39 is 33.7 Å². The molecule has 3 aromatic carbocycles. The van der Waals surface area contributed by atoms with E-state index >= 15 is 0 Å². The number of ether oxygens (including phenoxy) is 2. The van der Waals surface area contributed by atoms with Gasteiger partial charge in [0.05, 0.1) is 30.1 Å². The summed E-state index contributed by atoms with van der Waals surface area (Å²) in [6.45, 7) is 11.2. The first-order valence-electron chi connectivity index (χ1n) is 14.8. The monoisotopic (exact) mass is 624 g/mol. The van der Waals surface area contributed by atoms with Crippen molar-refractivity contribution in [2.24, 2.45) is 0 Å². The highest BCUT2D eigenvalue weighted by Gasteiger charge is 2.25. The van der Waals surface area contributed by atoms with Gasteiger partial charge in [0, 0.05) is 6.54 Å². The summed E-state index contributed by atoms with van der Waals surface area (Å²) in [5.74, 6) is -0.592. The topological polar surface area (TPSA) is 122 Å². The van der Waals surface area contributed by atoms with Gasteiger partial charge in [0.15, 0.2) is 0 Å². The molecular weight excluding hydrogens is 580 g/mol. The van der Waals surface area contributed by atoms with Crippen molar-refractivity contribution >= 4 is 22.0 Å². The average Bonchev–Trinajstić information content (AvgIpc) is 2.94. The largest absolute Gasteiger partial charge is 0.490 e. The highest BCUT2D eigenvalue weighted by atomic mass is 32.2. The summed E-state index contributed by atoms with van der Waals surface area (Å²) in [6, 6.07) is 22.0. The maximum Gasteiger partial charge on any atom is 0.410 e. The molecule has 1 atom stereocenters. The second kappa shape index (κ2) is 15.2. The third-order valence-corrected chi connectivity index (χ3v) is 7.94. The van der Waals surface area contributed by atoms with Crippen LogP contribution in [-0.2, 0) is 21.2 Å². The Morgan fingerprint density at radius 3 is 2.18 bits per heavy atom. The molecule has 0 aliphatic carbocycles. The first-order valence-corrected chi connectivity index (χ1v) is 16.5. The number of nitrogens with zero attached hydrogens (tertiary/aromatic N) is 1. The third-order valence-electron chi connectivity index (χ3n) is 6.50. The van der Waals surface area contributed by atoms with Crippen molar-refractivity contribution in [3.05, 3.63) is 89.5 Å².